The molecule has 0 bridgehead atoms. The molecule has 29 heavy (non-hydrogen) atoms. The van der Waals surface area contributed by atoms with Crippen molar-refractivity contribution in [1.29, 1.82) is 0 Å². The van der Waals surface area contributed by atoms with Gasteiger partial charge in [0.05, 0.1) is 0 Å². The average molecular weight is 404 g/mol. The molecule has 3 aromatic heterocycles. The number of aromatic nitrogens is 3. The molecule has 0 saturated carbocycles. The molecule has 0 unspecified atom stereocenters. The first-order valence-electron chi connectivity index (χ1n) is 9.73. The van der Waals surface area contributed by atoms with E-state index in [4.69, 9.17) is 4.98 Å². The predicted octanol–water partition coefficient (Wildman–Crippen LogP) is 3.50. The van der Waals surface area contributed by atoms with Crippen LogP contribution in [-0.2, 0) is 6.54 Å². The quantitative estimate of drug-likeness (QED) is 0.523. The van der Waals surface area contributed by atoms with Gasteiger partial charge in [0.1, 0.15) is 16.0 Å². The van der Waals surface area contributed by atoms with Crippen molar-refractivity contribution in [3.8, 4) is 0 Å². The number of amides is 1. The summed E-state index contributed by atoms with van der Waals surface area (Å²) >= 11 is 1.61. The second-order valence-electron chi connectivity index (χ2n) is 7.11. The van der Waals surface area contributed by atoms with E-state index < -0.39 is 0 Å². The van der Waals surface area contributed by atoms with E-state index in [0.29, 0.717) is 19.6 Å². The van der Waals surface area contributed by atoms with Crippen molar-refractivity contribution < 1.29 is 4.79 Å². The fourth-order valence-electron chi connectivity index (χ4n) is 3.68. The van der Waals surface area contributed by atoms with Gasteiger partial charge >= 0.3 is 0 Å². The van der Waals surface area contributed by atoms with Gasteiger partial charge in [-0.3, -0.25) is 4.79 Å². The zero-order valence-electron chi connectivity index (χ0n) is 15.9. The number of hydrogen-bond acceptors (Lipinski definition) is 5. The van der Waals surface area contributed by atoms with Crippen LogP contribution < -0.4 is 4.90 Å². The molecule has 6 nitrogen and oxygen atoms in total. The Bertz CT molecular complexity index is 1100. The molecule has 0 N–H and O–H groups in total. The molecule has 1 aliphatic rings. The van der Waals surface area contributed by atoms with E-state index >= 15 is 0 Å². The van der Waals surface area contributed by atoms with Crippen molar-refractivity contribution in [2.24, 2.45) is 0 Å². The second kappa shape index (κ2) is 7.67. The van der Waals surface area contributed by atoms with Gasteiger partial charge in [0.2, 0.25) is 0 Å². The average Bonchev–Trinajstić information content (AvgIpc) is 3.41. The van der Waals surface area contributed by atoms with Gasteiger partial charge in [-0.2, -0.15) is 0 Å². The molecule has 1 aromatic carbocycles. The lowest BCUT2D eigenvalue weighted by Gasteiger charge is -2.34. The highest BCUT2D eigenvalue weighted by Gasteiger charge is 2.25. The zero-order chi connectivity index (χ0) is 19.6. The Balaban J connectivity index is 1.26. The Morgan fingerprint density at radius 3 is 2.59 bits per heavy atom. The molecule has 5 rings (SSSR count). The topological polar surface area (TPSA) is 54.3 Å². The Hall–Kier alpha value is -3.19. The first kappa shape index (κ1) is 17.9. The van der Waals surface area contributed by atoms with E-state index in [9.17, 15) is 4.79 Å². The fraction of sp³-hybridized carbons (Fsp3) is 0.227. The van der Waals surface area contributed by atoms with Gasteiger partial charge in [0.25, 0.3) is 5.91 Å². The smallest absolute Gasteiger partial charge is 0.270 e. The fourth-order valence-corrected chi connectivity index (χ4v) is 4.64. The number of hydrogen-bond donors (Lipinski definition) is 0. The maximum atomic E-state index is 13.1. The number of rotatable bonds is 4. The van der Waals surface area contributed by atoms with Crippen LogP contribution in [0.4, 0.5) is 5.13 Å². The highest BCUT2D eigenvalue weighted by Crippen LogP contribution is 2.27. The van der Waals surface area contributed by atoms with Crippen molar-refractivity contribution in [2.75, 3.05) is 31.1 Å². The van der Waals surface area contributed by atoms with Gasteiger partial charge in [-0.15, -0.1) is 0 Å². The molecule has 1 saturated heterocycles. The van der Waals surface area contributed by atoms with Crippen LogP contribution in [-0.4, -0.2) is 51.5 Å². The summed E-state index contributed by atoms with van der Waals surface area (Å²) in [5.41, 5.74) is 2.86. The summed E-state index contributed by atoms with van der Waals surface area (Å²) in [7, 11) is 0. The highest BCUT2D eigenvalue weighted by molar-refractivity contribution is 7.21. The summed E-state index contributed by atoms with van der Waals surface area (Å²) in [6, 6.07) is 18.0. The van der Waals surface area contributed by atoms with Crippen molar-refractivity contribution >= 4 is 32.7 Å². The van der Waals surface area contributed by atoms with Gasteiger partial charge in [0, 0.05) is 45.1 Å². The maximum Gasteiger partial charge on any atom is 0.270 e. The SMILES string of the molecule is O=C(c1cccn1Cc1ccccc1)N1CCN(c2nc3cccnc3s2)CC1. The standard InChI is InChI=1S/C22H21N5OS/c28-21(19-9-5-11-27(19)16-17-6-2-1-3-7-17)25-12-14-26(15-13-25)22-24-18-8-4-10-23-20(18)29-22/h1-11H,12-16H2. The molecule has 1 fully saturated rings. The number of pyridine rings is 1. The lowest BCUT2D eigenvalue weighted by molar-refractivity contribution is 0.0736. The predicted molar refractivity (Wildman–Crippen MR) is 116 cm³/mol. The second-order valence-corrected chi connectivity index (χ2v) is 8.07. The van der Waals surface area contributed by atoms with E-state index in [0.717, 1.165) is 34.3 Å². The van der Waals surface area contributed by atoms with Crippen molar-refractivity contribution in [2.45, 2.75) is 6.54 Å². The number of thiazole rings is 1. The molecular weight excluding hydrogens is 382 g/mol. The molecule has 1 aliphatic heterocycles. The molecule has 0 radical (unpaired) electrons. The van der Waals surface area contributed by atoms with Crippen molar-refractivity contribution in [3.63, 3.8) is 0 Å². The van der Waals surface area contributed by atoms with Crippen LogP contribution in [0.1, 0.15) is 16.1 Å². The molecule has 4 aromatic rings. The van der Waals surface area contributed by atoms with Gasteiger partial charge in [-0.05, 0) is 29.8 Å². The summed E-state index contributed by atoms with van der Waals surface area (Å²) in [5.74, 6) is 0.0940. The van der Waals surface area contributed by atoms with Crippen molar-refractivity contribution in [3.05, 3.63) is 78.2 Å². The molecule has 0 spiro atoms. The zero-order valence-corrected chi connectivity index (χ0v) is 16.8. The number of carbonyl (C=O) groups is 1. The summed E-state index contributed by atoms with van der Waals surface area (Å²) in [5, 5.41) is 0.984. The monoisotopic (exact) mass is 403 g/mol. The largest absolute Gasteiger partial charge is 0.344 e. The minimum atomic E-state index is 0.0940. The summed E-state index contributed by atoms with van der Waals surface area (Å²) in [6.07, 6.45) is 3.77. The van der Waals surface area contributed by atoms with Gasteiger partial charge in [-0.25, -0.2) is 9.97 Å². The Labute approximate surface area is 173 Å². The summed E-state index contributed by atoms with van der Waals surface area (Å²) in [4.78, 5) is 27.3. The molecule has 0 aliphatic carbocycles. The molecule has 4 heterocycles. The Kier molecular flexibility index (Phi) is 4.73. The minimum Gasteiger partial charge on any atom is -0.344 e. The molecule has 146 valence electrons. The number of piperazine rings is 1. The third-order valence-corrected chi connectivity index (χ3v) is 6.28. The summed E-state index contributed by atoms with van der Waals surface area (Å²) < 4.78 is 2.03. The van der Waals surface area contributed by atoms with Crippen molar-refractivity contribution in [1.82, 2.24) is 19.4 Å². The number of carbonyl (C=O) groups excluding carboxylic acids is 1. The van der Waals surface area contributed by atoms with Crippen LogP contribution in [0.5, 0.6) is 0 Å². The van der Waals surface area contributed by atoms with E-state index in [-0.39, 0.29) is 5.91 Å². The van der Waals surface area contributed by atoms with Crippen LogP contribution in [0.15, 0.2) is 67.0 Å². The minimum absolute atomic E-state index is 0.0940. The van der Waals surface area contributed by atoms with Crippen LogP contribution >= 0.6 is 11.3 Å². The van der Waals surface area contributed by atoms with Gasteiger partial charge in [-0.1, -0.05) is 41.7 Å². The third kappa shape index (κ3) is 3.61. The third-order valence-electron chi connectivity index (χ3n) is 5.24. The van der Waals surface area contributed by atoms with Gasteiger partial charge < -0.3 is 14.4 Å². The van der Waals surface area contributed by atoms with E-state index in [2.05, 4.69) is 22.0 Å². The lowest BCUT2D eigenvalue weighted by Crippen LogP contribution is -2.49. The lowest BCUT2D eigenvalue weighted by atomic mass is 10.2. The number of nitrogens with zero attached hydrogens (tertiary/aromatic N) is 5. The number of anilines is 1. The first-order valence-corrected chi connectivity index (χ1v) is 10.5. The van der Waals surface area contributed by atoms with Gasteiger partial charge in [0.15, 0.2) is 5.13 Å². The van der Waals surface area contributed by atoms with Crippen LogP contribution in [0.2, 0.25) is 0 Å². The molecule has 0 atom stereocenters. The Morgan fingerprint density at radius 1 is 0.966 bits per heavy atom. The normalized spacial score (nSPS) is 14.5. The highest BCUT2D eigenvalue weighted by atomic mass is 32.1. The van der Waals surface area contributed by atoms with Crippen LogP contribution in [0.3, 0.4) is 0 Å². The molecule has 7 heteroatoms. The number of benzene rings is 1. The van der Waals surface area contributed by atoms with E-state index in [1.54, 1.807) is 17.5 Å². The van der Waals surface area contributed by atoms with Crippen LogP contribution in [0, 0.1) is 0 Å². The Morgan fingerprint density at radius 2 is 1.79 bits per heavy atom. The van der Waals surface area contributed by atoms with E-state index in [1.165, 1.54) is 5.56 Å². The molecular formula is C22H21N5OS. The summed E-state index contributed by atoms with van der Waals surface area (Å²) in [6.45, 7) is 3.65. The maximum absolute atomic E-state index is 13.1. The molecule has 1 amide bonds. The number of fused-ring (bicyclic) bond motifs is 1. The van der Waals surface area contributed by atoms with E-state index in [1.807, 2.05) is 58.1 Å². The first-order chi connectivity index (χ1) is 14.3. The van der Waals surface area contributed by atoms with Crippen LogP contribution in [0.25, 0.3) is 10.3 Å².